The third-order valence-corrected chi connectivity index (χ3v) is 5.31. The molecule has 0 saturated carbocycles. The molecule has 0 spiro atoms. The summed E-state index contributed by atoms with van der Waals surface area (Å²) in [6.45, 7) is 6.66. The van der Waals surface area contributed by atoms with Gasteiger partial charge in [0.2, 0.25) is 5.88 Å². The summed E-state index contributed by atoms with van der Waals surface area (Å²) in [4.78, 5) is 7.37. The van der Waals surface area contributed by atoms with Gasteiger partial charge in [0.25, 0.3) is 0 Å². The lowest BCUT2D eigenvalue weighted by Gasteiger charge is -2.31. The van der Waals surface area contributed by atoms with E-state index in [2.05, 4.69) is 54.0 Å². The summed E-state index contributed by atoms with van der Waals surface area (Å²) in [5.74, 6) is 1.42. The number of ether oxygens (including phenoxy) is 1. The summed E-state index contributed by atoms with van der Waals surface area (Å²) >= 11 is 0. The number of hydrogen-bond acceptors (Lipinski definition) is 3. The van der Waals surface area contributed by atoms with E-state index in [4.69, 9.17) is 9.72 Å². The fraction of sp³-hybridized carbons (Fsp3) is 0.476. The van der Waals surface area contributed by atoms with Crippen LogP contribution in [0, 0.1) is 5.92 Å². The Bertz CT molecular complexity index is 862. The van der Waals surface area contributed by atoms with Crippen molar-refractivity contribution >= 4 is 21.7 Å². The molecule has 0 bridgehead atoms. The number of likely N-dealkylation sites (tertiary alicyclic amines) is 1. The zero-order valence-electron chi connectivity index (χ0n) is 15.2. The second-order valence-electron chi connectivity index (χ2n) is 7.28. The van der Waals surface area contributed by atoms with Crippen LogP contribution in [0.5, 0.6) is 5.88 Å². The van der Waals surface area contributed by atoms with E-state index >= 15 is 0 Å². The lowest BCUT2D eigenvalue weighted by molar-refractivity contribution is 0.140. The first-order valence-electron chi connectivity index (χ1n) is 9.44. The first-order valence-corrected chi connectivity index (χ1v) is 9.44. The number of para-hydroxylation sites is 1. The van der Waals surface area contributed by atoms with Crippen LogP contribution < -0.4 is 4.74 Å². The van der Waals surface area contributed by atoms with Crippen LogP contribution in [-0.4, -0.2) is 40.7 Å². The summed E-state index contributed by atoms with van der Waals surface area (Å²) in [7, 11) is 2.06. The molecule has 25 heavy (non-hydrogen) atoms. The van der Waals surface area contributed by atoms with Crippen molar-refractivity contribution in [3.63, 3.8) is 0 Å². The Labute approximate surface area is 149 Å². The molecule has 1 aromatic carbocycles. The van der Waals surface area contributed by atoms with Gasteiger partial charge in [0.05, 0.1) is 17.5 Å². The van der Waals surface area contributed by atoms with E-state index in [1.54, 1.807) is 0 Å². The standard InChI is InChI=1S/C21H27N3O/c1-3-10-24-11-8-16(9-12-24)15-25-21-19-14-23(2)13-18(19)17-6-4-5-7-20(17)22-21/h4-7,13-14,16H,3,8-12,15H2,1-2H3. The minimum absolute atomic E-state index is 0.639. The van der Waals surface area contributed by atoms with E-state index in [1.807, 2.05) is 6.07 Å². The molecule has 1 saturated heterocycles. The monoisotopic (exact) mass is 337 g/mol. The van der Waals surface area contributed by atoms with E-state index in [9.17, 15) is 0 Å². The normalized spacial score (nSPS) is 16.7. The van der Waals surface area contributed by atoms with Crippen molar-refractivity contribution in [2.24, 2.45) is 13.0 Å². The van der Waals surface area contributed by atoms with Crippen molar-refractivity contribution in [2.45, 2.75) is 26.2 Å². The Morgan fingerprint density at radius 2 is 1.84 bits per heavy atom. The van der Waals surface area contributed by atoms with Gasteiger partial charge >= 0.3 is 0 Å². The molecule has 4 heteroatoms. The van der Waals surface area contributed by atoms with Gasteiger partial charge in [-0.05, 0) is 50.9 Å². The molecule has 0 atom stereocenters. The number of piperidine rings is 1. The zero-order valence-corrected chi connectivity index (χ0v) is 15.2. The highest BCUT2D eigenvalue weighted by Gasteiger charge is 2.20. The van der Waals surface area contributed by atoms with Gasteiger partial charge in [0.15, 0.2) is 0 Å². The third kappa shape index (κ3) is 3.36. The Morgan fingerprint density at radius 1 is 1.08 bits per heavy atom. The molecule has 3 heterocycles. The van der Waals surface area contributed by atoms with Crippen LogP contribution in [0.3, 0.4) is 0 Å². The van der Waals surface area contributed by atoms with Crippen LogP contribution in [0.2, 0.25) is 0 Å². The van der Waals surface area contributed by atoms with Crippen LogP contribution >= 0.6 is 0 Å². The van der Waals surface area contributed by atoms with E-state index in [1.165, 1.54) is 49.7 Å². The number of aromatic nitrogens is 2. The van der Waals surface area contributed by atoms with Crippen molar-refractivity contribution < 1.29 is 4.74 Å². The maximum absolute atomic E-state index is 6.23. The molecule has 3 aromatic rings. The van der Waals surface area contributed by atoms with Crippen molar-refractivity contribution in [1.82, 2.24) is 14.5 Å². The lowest BCUT2D eigenvalue weighted by atomic mass is 9.98. The molecule has 0 amide bonds. The zero-order chi connectivity index (χ0) is 17.2. The average molecular weight is 337 g/mol. The van der Waals surface area contributed by atoms with Gasteiger partial charge in [-0.25, -0.2) is 4.98 Å². The van der Waals surface area contributed by atoms with Gasteiger partial charge in [-0.1, -0.05) is 25.1 Å². The summed E-state index contributed by atoms with van der Waals surface area (Å²) in [5, 5.41) is 3.53. The van der Waals surface area contributed by atoms with Crippen LogP contribution in [-0.2, 0) is 7.05 Å². The number of rotatable bonds is 5. The molecule has 132 valence electrons. The summed E-state index contributed by atoms with van der Waals surface area (Å²) < 4.78 is 8.32. The second kappa shape index (κ2) is 7.04. The van der Waals surface area contributed by atoms with Crippen LogP contribution in [0.25, 0.3) is 21.7 Å². The lowest BCUT2D eigenvalue weighted by Crippen LogP contribution is -2.35. The Balaban J connectivity index is 1.53. The van der Waals surface area contributed by atoms with E-state index in [0.717, 1.165) is 23.4 Å². The number of benzene rings is 1. The van der Waals surface area contributed by atoms with E-state index in [0.29, 0.717) is 5.92 Å². The number of nitrogens with zero attached hydrogens (tertiary/aromatic N) is 3. The highest BCUT2D eigenvalue weighted by atomic mass is 16.5. The van der Waals surface area contributed by atoms with Gasteiger partial charge in [-0.15, -0.1) is 0 Å². The average Bonchev–Trinajstić information content (AvgIpc) is 3.03. The summed E-state index contributed by atoms with van der Waals surface area (Å²) in [6, 6.07) is 8.31. The predicted octanol–water partition coefficient (Wildman–Crippen LogP) is 4.23. The first-order chi connectivity index (χ1) is 12.2. The Hall–Kier alpha value is -2.07. The van der Waals surface area contributed by atoms with Gasteiger partial charge in [-0.3, -0.25) is 0 Å². The van der Waals surface area contributed by atoms with Crippen molar-refractivity contribution in [1.29, 1.82) is 0 Å². The smallest absolute Gasteiger partial charge is 0.223 e. The molecule has 1 aliphatic rings. The topological polar surface area (TPSA) is 30.3 Å². The minimum Gasteiger partial charge on any atom is -0.477 e. The fourth-order valence-corrected chi connectivity index (χ4v) is 3.94. The molecular weight excluding hydrogens is 310 g/mol. The van der Waals surface area contributed by atoms with Crippen molar-refractivity contribution in [3.05, 3.63) is 36.7 Å². The predicted molar refractivity (Wildman–Crippen MR) is 103 cm³/mol. The van der Waals surface area contributed by atoms with Crippen LogP contribution in [0.15, 0.2) is 36.7 Å². The Kier molecular flexibility index (Phi) is 4.62. The molecule has 0 radical (unpaired) electrons. The number of pyridine rings is 1. The summed E-state index contributed by atoms with van der Waals surface area (Å²) in [5.41, 5.74) is 1.01. The quantitative estimate of drug-likeness (QED) is 0.698. The molecule has 4 rings (SSSR count). The Morgan fingerprint density at radius 3 is 2.64 bits per heavy atom. The molecule has 4 nitrogen and oxygen atoms in total. The van der Waals surface area contributed by atoms with Gasteiger partial charge < -0.3 is 14.2 Å². The number of hydrogen-bond donors (Lipinski definition) is 0. The molecule has 0 N–H and O–H groups in total. The maximum Gasteiger partial charge on any atom is 0.223 e. The van der Waals surface area contributed by atoms with E-state index < -0.39 is 0 Å². The molecular formula is C21H27N3O. The van der Waals surface area contributed by atoms with Gasteiger partial charge in [-0.2, -0.15) is 0 Å². The minimum atomic E-state index is 0.639. The van der Waals surface area contributed by atoms with Crippen molar-refractivity contribution in [3.8, 4) is 5.88 Å². The van der Waals surface area contributed by atoms with Gasteiger partial charge in [0, 0.05) is 30.2 Å². The molecule has 1 fully saturated rings. The number of fused-ring (bicyclic) bond motifs is 3. The highest BCUT2D eigenvalue weighted by Crippen LogP contribution is 2.32. The molecule has 0 unspecified atom stereocenters. The third-order valence-electron chi connectivity index (χ3n) is 5.31. The molecule has 2 aromatic heterocycles. The molecule has 0 aliphatic carbocycles. The largest absolute Gasteiger partial charge is 0.477 e. The number of aryl methyl sites for hydroxylation is 1. The second-order valence-corrected chi connectivity index (χ2v) is 7.28. The first kappa shape index (κ1) is 16.4. The SMILES string of the molecule is CCCN1CCC(COc2nc3ccccc3c3cn(C)cc23)CC1. The van der Waals surface area contributed by atoms with Crippen LogP contribution in [0.4, 0.5) is 0 Å². The van der Waals surface area contributed by atoms with E-state index in [-0.39, 0.29) is 0 Å². The highest BCUT2D eigenvalue weighted by molar-refractivity contribution is 6.07. The summed E-state index contributed by atoms with van der Waals surface area (Å²) in [6.07, 6.45) is 7.98. The molecule has 1 aliphatic heterocycles. The van der Waals surface area contributed by atoms with Crippen molar-refractivity contribution in [2.75, 3.05) is 26.2 Å². The fourth-order valence-electron chi connectivity index (χ4n) is 3.94. The maximum atomic E-state index is 6.23. The van der Waals surface area contributed by atoms with Gasteiger partial charge in [0.1, 0.15) is 0 Å². The van der Waals surface area contributed by atoms with Crippen LogP contribution in [0.1, 0.15) is 26.2 Å².